The third-order valence-electron chi connectivity index (χ3n) is 5.61. The van der Waals surface area contributed by atoms with Gasteiger partial charge >= 0.3 is 5.97 Å². The van der Waals surface area contributed by atoms with Gasteiger partial charge in [0.05, 0.1) is 35.1 Å². The molecule has 5 rings (SSSR count). The van der Waals surface area contributed by atoms with Crippen LogP contribution in [0.25, 0.3) is 11.0 Å². The fourth-order valence-electron chi connectivity index (χ4n) is 4.06. The second-order valence-electron chi connectivity index (χ2n) is 8.20. The van der Waals surface area contributed by atoms with Crippen molar-refractivity contribution < 1.29 is 9.90 Å². The number of pyridine rings is 2. The van der Waals surface area contributed by atoms with Gasteiger partial charge in [0, 0.05) is 50.1 Å². The molecule has 0 bridgehead atoms. The van der Waals surface area contributed by atoms with Crippen LogP contribution in [0.4, 0.5) is 11.4 Å². The minimum Gasteiger partial charge on any atom is -0.478 e. The van der Waals surface area contributed by atoms with Crippen LogP contribution in [0.3, 0.4) is 0 Å². The molecule has 1 fully saturated rings. The summed E-state index contributed by atoms with van der Waals surface area (Å²) < 4.78 is 1.57. The number of carbonyl (C=O) groups is 1. The predicted octanol–water partition coefficient (Wildman–Crippen LogP) is 2.41. The number of aromatic nitrogens is 5. The van der Waals surface area contributed by atoms with Crippen LogP contribution in [0.15, 0.2) is 49.3 Å². The molecule has 1 atom stereocenters. The summed E-state index contributed by atoms with van der Waals surface area (Å²) in [6.45, 7) is 4.54. The number of carboxylic acid groups (broad SMARTS) is 1. The lowest BCUT2D eigenvalue weighted by molar-refractivity contribution is 0.0696. The molecule has 172 valence electrons. The lowest BCUT2D eigenvalue weighted by Crippen LogP contribution is -2.43. The first-order valence-electron chi connectivity index (χ1n) is 10.8. The van der Waals surface area contributed by atoms with Crippen molar-refractivity contribution in [1.29, 1.82) is 0 Å². The van der Waals surface area contributed by atoms with Crippen molar-refractivity contribution >= 4 is 28.4 Å². The molecule has 1 aliphatic rings. The molecular formula is C23H28N8O2. The summed E-state index contributed by atoms with van der Waals surface area (Å²) in [6.07, 6.45) is 12.2. The molecule has 10 heteroatoms. The molecule has 1 saturated heterocycles. The fraction of sp³-hybridized carbons (Fsp3) is 0.304. The van der Waals surface area contributed by atoms with E-state index >= 15 is 0 Å². The summed E-state index contributed by atoms with van der Waals surface area (Å²) in [7, 11) is 0. The number of nitrogen functional groups attached to an aromatic ring is 1. The maximum Gasteiger partial charge on any atom is 0.338 e. The Labute approximate surface area is 191 Å². The molecule has 5 heterocycles. The van der Waals surface area contributed by atoms with E-state index in [9.17, 15) is 4.79 Å². The highest BCUT2D eigenvalue weighted by Crippen LogP contribution is 2.34. The molecule has 4 aromatic heterocycles. The van der Waals surface area contributed by atoms with E-state index in [0.717, 1.165) is 53.8 Å². The van der Waals surface area contributed by atoms with Crippen LogP contribution in [0, 0.1) is 6.92 Å². The van der Waals surface area contributed by atoms with Crippen LogP contribution >= 0.6 is 0 Å². The molecule has 10 nitrogen and oxygen atoms in total. The molecule has 0 amide bonds. The number of piperidine rings is 1. The van der Waals surface area contributed by atoms with E-state index in [4.69, 9.17) is 16.6 Å². The number of hydrogen-bond acceptors (Lipinski definition) is 7. The average molecular weight is 449 g/mol. The molecule has 1 aliphatic heterocycles. The van der Waals surface area contributed by atoms with Gasteiger partial charge in [-0.05, 0) is 37.0 Å². The Hall–Kier alpha value is -3.92. The maximum atomic E-state index is 10.6. The van der Waals surface area contributed by atoms with E-state index in [0.29, 0.717) is 6.54 Å². The number of aryl methyl sites for hydroxylation is 1. The van der Waals surface area contributed by atoms with E-state index in [2.05, 4.69) is 31.9 Å². The van der Waals surface area contributed by atoms with Crippen LogP contribution in [-0.4, -0.2) is 54.9 Å². The van der Waals surface area contributed by atoms with Crippen molar-refractivity contribution in [3.63, 3.8) is 0 Å². The summed E-state index contributed by atoms with van der Waals surface area (Å²) in [5, 5.41) is 13.7. The van der Waals surface area contributed by atoms with Gasteiger partial charge in [-0.15, -0.1) is 0 Å². The van der Waals surface area contributed by atoms with Gasteiger partial charge in [-0.25, -0.2) is 9.78 Å². The molecule has 0 aromatic carbocycles. The van der Waals surface area contributed by atoms with Crippen molar-refractivity contribution in [2.75, 3.05) is 23.7 Å². The van der Waals surface area contributed by atoms with Gasteiger partial charge in [-0.1, -0.05) is 6.07 Å². The SMILES string of the molecule is Cc1cnc2[nH]cc(N)c2c1N1CCC[C@@H](N)C1.O=C(O)c1cnn(Cc2cccnc2)c1. The molecule has 0 aliphatic carbocycles. The van der Waals surface area contributed by atoms with Crippen LogP contribution in [0.1, 0.15) is 34.3 Å². The Morgan fingerprint density at radius 1 is 1.33 bits per heavy atom. The number of anilines is 2. The van der Waals surface area contributed by atoms with Crippen LogP contribution in [0.2, 0.25) is 0 Å². The summed E-state index contributed by atoms with van der Waals surface area (Å²) in [5.74, 6) is -0.965. The topological polar surface area (TPSA) is 152 Å². The first kappa shape index (κ1) is 22.3. The molecular weight excluding hydrogens is 420 g/mol. The van der Waals surface area contributed by atoms with Gasteiger partial charge in [0.25, 0.3) is 0 Å². The van der Waals surface area contributed by atoms with Crippen molar-refractivity contribution in [3.05, 3.63) is 66.0 Å². The van der Waals surface area contributed by atoms with Gasteiger partial charge in [-0.3, -0.25) is 9.67 Å². The van der Waals surface area contributed by atoms with Crippen LogP contribution < -0.4 is 16.4 Å². The largest absolute Gasteiger partial charge is 0.478 e. The van der Waals surface area contributed by atoms with Crippen molar-refractivity contribution in [2.24, 2.45) is 5.73 Å². The number of aromatic carboxylic acids is 1. The molecule has 4 aromatic rings. The lowest BCUT2D eigenvalue weighted by Gasteiger charge is -2.34. The number of rotatable bonds is 4. The smallest absolute Gasteiger partial charge is 0.338 e. The number of nitrogens with two attached hydrogens (primary N) is 2. The molecule has 0 unspecified atom stereocenters. The highest BCUT2D eigenvalue weighted by molar-refractivity contribution is 6.00. The molecule has 0 radical (unpaired) electrons. The zero-order valence-electron chi connectivity index (χ0n) is 18.5. The number of H-pyrrole nitrogens is 1. The van der Waals surface area contributed by atoms with E-state index in [1.807, 2.05) is 24.5 Å². The molecule has 0 spiro atoms. The van der Waals surface area contributed by atoms with Crippen molar-refractivity contribution in [2.45, 2.75) is 32.4 Å². The normalized spacial score (nSPS) is 15.8. The molecule has 0 saturated carbocycles. The zero-order chi connectivity index (χ0) is 23.4. The van der Waals surface area contributed by atoms with Crippen LogP contribution in [0.5, 0.6) is 0 Å². The summed E-state index contributed by atoms with van der Waals surface area (Å²) in [4.78, 5) is 24.4. The van der Waals surface area contributed by atoms with Crippen LogP contribution in [-0.2, 0) is 6.54 Å². The number of hydrogen-bond donors (Lipinski definition) is 4. The van der Waals surface area contributed by atoms with Gasteiger partial charge < -0.3 is 26.5 Å². The van der Waals surface area contributed by atoms with Crippen molar-refractivity contribution in [3.8, 4) is 0 Å². The molecule has 6 N–H and O–H groups in total. The third kappa shape index (κ3) is 5.12. The van der Waals surface area contributed by atoms with Gasteiger partial charge in [0.1, 0.15) is 5.65 Å². The molecule has 33 heavy (non-hydrogen) atoms. The number of fused-ring (bicyclic) bond motifs is 1. The predicted molar refractivity (Wildman–Crippen MR) is 127 cm³/mol. The lowest BCUT2D eigenvalue weighted by atomic mass is 10.0. The first-order valence-corrected chi connectivity index (χ1v) is 10.8. The Morgan fingerprint density at radius 2 is 2.18 bits per heavy atom. The highest BCUT2D eigenvalue weighted by Gasteiger charge is 2.22. The number of aromatic amines is 1. The summed E-state index contributed by atoms with van der Waals surface area (Å²) in [5.41, 5.74) is 17.3. The van der Waals surface area contributed by atoms with E-state index in [1.165, 1.54) is 18.1 Å². The Kier molecular flexibility index (Phi) is 6.55. The van der Waals surface area contributed by atoms with E-state index in [-0.39, 0.29) is 11.6 Å². The minimum absolute atomic E-state index is 0.193. The number of carboxylic acids is 1. The first-order chi connectivity index (χ1) is 15.9. The van der Waals surface area contributed by atoms with E-state index in [1.54, 1.807) is 17.1 Å². The van der Waals surface area contributed by atoms with Gasteiger partial charge in [-0.2, -0.15) is 5.10 Å². The summed E-state index contributed by atoms with van der Waals surface area (Å²) >= 11 is 0. The van der Waals surface area contributed by atoms with Crippen molar-refractivity contribution in [1.82, 2.24) is 24.7 Å². The summed E-state index contributed by atoms with van der Waals surface area (Å²) in [6, 6.07) is 3.99. The Bertz CT molecular complexity index is 1230. The van der Waals surface area contributed by atoms with E-state index < -0.39 is 5.97 Å². The van der Waals surface area contributed by atoms with Gasteiger partial charge in [0.15, 0.2) is 0 Å². The number of nitrogens with one attached hydrogen (secondary N) is 1. The highest BCUT2D eigenvalue weighted by atomic mass is 16.4. The zero-order valence-corrected chi connectivity index (χ0v) is 18.5. The number of nitrogens with zero attached hydrogens (tertiary/aromatic N) is 5. The Morgan fingerprint density at radius 3 is 2.88 bits per heavy atom. The second kappa shape index (κ2) is 9.70. The maximum absolute atomic E-state index is 10.6. The van der Waals surface area contributed by atoms with Gasteiger partial charge in [0.2, 0.25) is 0 Å². The minimum atomic E-state index is -0.965. The fourth-order valence-corrected chi connectivity index (χ4v) is 4.06. The quantitative estimate of drug-likeness (QED) is 0.371. The third-order valence-corrected chi connectivity index (χ3v) is 5.61. The second-order valence-corrected chi connectivity index (χ2v) is 8.20. The Balaban J connectivity index is 0.000000160. The average Bonchev–Trinajstić information content (AvgIpc) is 3.42. The monoisotopic (exact) mass is 448 g/mol. The standard InChI is InChI=1S/C13H19N5.C10H9N3O2/c1-8-5-16-13-11(10(15)6-17-13)12(8)18-4-2-3-9(14)7-18;14-10(15)9-5-12-13(7-9)6-8-2-1-3-11-4-8/h5-6,9H,2-4,7,14-15H2,1H3,(H,16,17);1-5,7H,6H2,(H,14,15)/t9-;/m1./s1.